The Kier molecular flexibility index (Phi) is 9.17. The van der Waals surface area contributed by atoms with Gasteiger partial charge in [0.05, 0.1) is 16.8 Å². The molecule has 0 unspecified atom stereocenters. The summed E-state index contributed by atoms with van der Waals surface area (Å²) in [6.07, 6.45) is 13.3. The van der Waals surface area contributed by atoms with E-state index in [1.165, 1.54) is 56.1 Å². The van der Waals surface area contributed by atoms with E-state index in [4.69, 9.17) is 11.1 Å². The van der Waals surface area contributed by atoms with E-state index in [0.717, 1.165) is 30.4 Å². The van der Waals surface area contributed by atoms with Gasteiger partial charge in [0.2, 0.25) is 0 Å². The number of nitrogens with one attached hydrogen (secondary N) is 1. The quantitative estimate of drug-likeness (QED) is 0.130. The van der Waals surface area contributed by atoms with Gasteiger partial charge in [-0.1, -0.05) is 101 Å². The fourth-order valence-electron chi connectivity index (χ4n) is 5.27. The molecule has 0 aromatic heterocycles. The summed E-state index contributed by atoms with van der Waals surface area (Å²) in [6, 6.07) is 17.8. The largest absolute Gasteiger partial charge is 0.507 e. The molecule has 0 spiro atoms. The number of carbonyl (C=O) groups is 1. The molecule has 0 atom stereocenters. The van der Waals surface area contributed by atoms with E-state index < -0.39 is 0 Å². The summed E-state index contributed by atoms with van der Waals surface area (Å²) in [6.45, 7) is 4.42. The minimum absolute atomic E-state index is 0.0685. The lowest BCUT2D eigenvalue weighted by Crippen LogP contribution is -2.19. The molecule has 4 N–H and O–H groups in total. The predicted molar refractivity (Wildman–Crippen MR) is 159 cm³/mol. The maximum absolute atomic E-state index is 13.5. The number of carbonyl (C=O) groups excluding carboxylic acids is 1. The van der Waals surface area contributed by atoms with E-state index in [9.17, 15) is 9.90 Å². The molecule has 0 radical (unpaired) electrons. The molecule has 3 aromatic rings. The van der Waals surface area contributed by atoms with Crippen LogP contribution >= 0.6 is 0 Å². The first-order valence-corrected chi connectivity index (χ1v) is 14.1. The van der Waals surface area contributed by atoms with E-state index in [0.29, 0.717) is 11.1 Å². The number of unbranched alkanes of at least 4 members (excludes halogenated alkanes) is 6. The highest BCUT2D eigenvalue weighted by atomic mass is 16.3. The van der Waals surface area contributed by atoms with Gasteiger partial charge in [-0.15, -0.1) is 0 Å². The summed E-state index contributed by atoms with van der Waals surface area (Å²) in [5, 5.41) is 19.9. The summed E-state index contributed by atoms with van der Waals surface area (Å²) in [5.41, 5.74) is 12.3. The number of hydrogen-bond donors (Lipinski definition) is 3. The number of Topliss-reactive ketones (excluding diaryl/α,β-unsaturated/α-hetero) is 1. The lowest BCUT2D eigenvalue weighted by molar-refractivity contribution is 0.105. The molecule has 0 aliphatic heterocycles. The molecular formula is C34H40N2O2. The zero-order valence-electron chi connectivity index (χ0n) is 22.8. The molecular weight excluding hydrogens is 468 g/mol. The number of aromatic hydroxyl groups is 1. The van der Waals surface area contributed by atoms with Gasteiger partial charge in [0.1, 0.15) is 5.75 Å². The van der Waals surface area contributed by atoms with Crippen molar-refractivity contribution in [2.75, 3.05) is 5.73 Å². The van der Waals surface area contributed by atoms with Crippen LogP contribution in [0.2, 0.25) is 0 Å². The number of hydrogen-bond acceptors (Lipinski definition) is 4. The number of aryl methyl sites for hydroxylation is 2. The maximum Gasteiger partial charge on any atom is 0.196 e. The fraction of sp³-hybridized carbons (Fsp3) is 0.353. The Bertz CT molecular complexity index is 1320. The molecule has 0 fully saturated rings. The highest BCUT2D eigenvalue weighted by Crippen LogP contribution is 2.42. The van der Waals surface area contributed by atoms with E-state index in [-0.39, 0.29) is 34.1 Å². The highest BCUT2D eigenvalue weighted by Gasteiger charge is 2.31. The Hall–Kier alpha value is -3.66. The van der Waals surface area contributed by atoms with Crippen LogP contribution in [0.5, 0.6) is 5.75 Å². The normalized spacial score (nSPS) is 12.9. The number of allylic oxidation sites excluding steroid dienone is 2. The Balaban J connectivity index is 1.56. The average Bonchev–Trinajstić information content (AvgIpc) is 2.93. The van der Waals surface area contributed by atoms with Crippen LogP contribution in [0.4, 0.5) is 5.69 Å². The van der Waals surface area contributed by atoms with E-state index in [1.807, 2.05) is 24.3 Å². The van der Waals surface area contributed by atoms with Gasteiger partial charge in [-0.2, -0.15) is 0 Å². The van der Waals surface area contributed by atoms with E-state index in [1.54, 1.807) is 12.1 Å². The summed E-state index contributed by atoms with van der Waals surface area (Å²) in [4.78, 5) is 13.5. The number of anilines is 1. The van der Waals surface area contributed by atoms with Gasteiger partial charge >= 0.3 is 0 Å². The summed E-state index contributed by atoms with van der Waals surface area (Å²) >= 11 is 0. The van der Waals surface area contributed by atoms with E-state index >= 15 is 0 Å². The number of benzene rings is 3. The van der Waals surface area contributed by atoms with Crippen molar-refractivity contribution >= 4 is 22.8 Å². The standard InChI is InChI=1S/C34H40N2O2/c1-3-5-7-9-11-23-13-17-25(18-14-23)27-21-29(35)32-31(33(27)37)30(36)22-28(34(32)38)26-19-15-24(16-20-26)12-10-8-6-4-2/h13-22,35,38H,3-12,36H2,1-2H3. The molecule has 0 saturated carbocycles. The van der Waals surface area contributed by atoms with Crippen LogP contribution < -0.4 is 5.73 Å². The van der Waals surface area contributed by atoms with Crippen molar-refractivity contribution in [2.24, 2.45) is 0 Å². The second-order valence-corrected chi connectivity index (χ2v) is 10.4. The van der Waals surface area contributed by atoms with Crippen LogP contribution in [0.25, 0.3) is 16.7 Å². The molecule has 0 amide bonds. The van der Waals surface area contributed by atoms with Crippen LogP contribution in [0.3, 0.4) is 0 Å². The number of phenolic OH excluding ortho intramolecular Hbond substituents is 1. The average molecular weight is 509 g/mol. The Labute approximate surface area is 227 Å². The van der Waals surface area contributed by atoms with Gasteiger partial charge in [0.25, 0.3) is 0 Å². The molecule has 3 aromatic carbocycles. The fourth-order valence-corrected chi connectivity index (χ4v) is 5.27. The lowest BCUT2D eigenvalue weighted by atomic mass is 9.82. The molecule has 38 heavy (non-hydrogen) atoms. The monoisotopic (exact) mass is 508 g/mol. The maximum atomic E-state index is 13.5. The number of rotatable bonds is 12. The number of nitrogens with two attached hydrogens (primary N) is 1. The van der Waals surface area contributed by atoms with Crippen LogP contribution in [-0.4, -0.2) is 16.6 Å². The smallest absolute Gasteiger partial charge is 0.196 e. The van der Waals surface area contributed by atoms with Crippen LogP contribution in [0, 0.1) is 5.41 Å². The summed E-state index contributed by atoms with van der Waals surface area (Å²) in [5.74, 6) is -0.325. The van der Waals surface area contributed by atoms with Crippen LogP contribution in [0.15, 0.2) is 60.7 Å². The van der Waals surface area contributed by atoms with Crippen molar-refractivity contribution in [3.63, 3.8) is 0 Å². The topological polar surface area (TPSA) is 87.2 Å². The molecule has 4 heteroatoms. The van der Waals surface area contributed by atoms with Gasteiger partial charge in [-0.25, -0.2) is 0 Å². The second-order valence-electron chi connectivity index (χ2n) is 10.4. The number of fused-ring (bicyclic) bond motifs is 1. The summed E-state index contributed by atoms with van der Waals surface area (Å²) in [7, 11) is 0. The van der Waals surface area contributed by atoms with Gasteiger partial charge < -0.3 is 16.2 Å². The minimum atomic E-state index is -0.256. The molecule has 4 nitrogen and oxygen atoms in total. The lowest BCUT2D eigenvalue weighted by Gasteiger charge is -2.22. The van der Waals surface area contributed by atoms with Gasteiger partial charge in [-0.3, -0.25) is 4.79 Å². The first-order chi connectivity index (χ1) is 18.4. The third-order valence-electron chi connectivity index (χ3n) is 7.53. The molecule has 0 bridgehead atoms. The Morgan fingerprint density at radius 1 is 0.737 bits per heavy atom. The van der Waals surface area contributed by atoms with Crippen molar-refractivity contribution in [2.45, 2.75) is 78.1 Å². The molecule has 1 aliphatic rings. The minimum Gasteiger partial charge on any atom is -0.507 e. The highest BCUT2D eigenvalue weighted by molar-refractivity contribution is 6.41. The van der Waals surface area contributed by atoms with Crippen molar-refractivity contribution in [3.8, 4) is 16.9 Å². The molecule has 0 saturated heterocycles. The number of phenols is 1. The van der Waals surface area contributed by atoms with Crippen molar-refractivity contribution in [1.29, 1.82) is 5.41 Å². The molecule has 1 aliphatic carbocycles. The van der Waals surface area contributed by atoms with Gasteiger partial charge in [0, 0.05) is 16.8 Å². The first-order valence-electron chi connectivity index (χ1n) is 14.1. The molecule has 0 heterocycles. The third-order valence-corrected chi connectivity index (χ3v) is 7.53. The van der Waals surface area contributed by atoms with Crippen LogP contribution in [0.1, 0.15) is 97.8 Å². The predicted octanol–water partition coefficient (Wildman–Crippen LogP) is 8.53. The third kappa shape index (κ3) is 6.07. The SMILES string of the molecule is CCCCCCc1ccc(C2=CC(=N)c3c(O)c(-c4ccc(CCCCCC)cc4)cc(N)c3C2=O)cc1. The first kappa shape index (κ1) is 27.4. The van der Waals surface area contributed by atoms with Gasteiger partial charge in [-0.05, 0) is 60.1 Å². The van der Waals surface area contributed by atoms with E-state index in [2.05, 4.69) is 38.1 Å². The molecule has 198 valence electrons. The van der Waals surface area contributed by atoms with Gasteiger partial charge in [0.15, 0.2) is 5.78 Å². The summed E-state index contributed by atoms with van der Waals surface area (Å²) < 4.78 is 0. The molecule has 4 rings (SSSR count). The second kappa shape index (κ2) is 12.7. The van der Waals surface area contributed by atoms with Crippen molar-refractivity contribution in [3.05, 3.63) is 88.5 Å². The zero-order valence-corrected chi connectivity index (χ0v) is 22.8. The Morgan fingerprint density at radius 2 is 1.26 bits per heavy atom. The van der Waals surface area contributed by atoms with Crippen molar-refractivity contribution in [1.82, 2.24) is 0 Å². The Morgan fingerprint density at radius 3 is 1.79 bits per heavy atom. The number of nitrogen functional groups attached to an aromatic ring is 1. The number of ketones is 1. The van der Waals surface area contributed by atoms with Crippen LogP contribution in [-0.2, 0) is 12.8 Å². The zero-order chi connectivity index (χ0) is 27.1. The van der Waals surface area contributed by atoms with Crippen molar-refractivity contribution < 1.29 is 9.90 Å².